The minimum absolute atomic E-state index is 0.0374. The van der Waals surface area contributed by atoms with Crippen LogP contribution in [-0.4, -0.2) is 31.2 Å². The van der Waals surface area contributed by atoms with Gasteiger partial charge in [0.2, 0.25) is 11.2 Å². The summed E-state index contributed by atoms with van der Waals surface area (Å²) in [4.78, 5) is 11.4. The van der Waals surface area contributed by atoms with Crippen molar-refractivity contribution in [1.82, 2.24) is 19.5 Å². The maximum absolute atomic E-state index is 13.5. The molecule has 0 bridgehead atoms. The van der Waals surface area contributed by atoms with Crippen LogP contribution in [0.25, 0.3) is 11.2 Å². The van der Waals surface area contributed by atoms with Gasteiger partial charge in [-0.15, -0.1) is 0 Å². The zero-order valence-corrected chi connectivity index (χ0v) is 10.7. The van der Waals surface area contributed by atoms with E-state index < -0.39 is 5.95 Å². The molecule has 2 aromatic rings. The first-order valence-electron chi connectivity index (χ1n) is 5.83. The van der Waals surface area contributed by atoms with Crippen LogP contribution in [0.1, 0.15) is 32.2 Å². The van der Waals surface area contributed by atoms with Crippen LogP contribution < -0.4 is 0 Å². The highest BCUT2D eigenvalue weighted by molar-refractivity contribution is 6.28. The summed E-state index contributed by atoms with van der Waals surface area (Å²) >= 11 is 5.66. The first kappa shape index (κ1) is 13.2. The number of aliphatic hydroxyl groups excluding tert-OH is 1. The van der Waals surface area contributed by atoms with E-state index in [4.69, 9.17) is 16.7 Å². The molecule has 0 amide bonds. The molecule has 2 heterocycles. The van der Waals surface area contributed by atoms with Gasteiger partial charge in [0.15, 0.2) is 11.2 Å². The topological polar surface area (TPSA) is 63.8 Å². The highest BCUT2D eigenvalue weighted by atomic mass is 35.5. The zero-order chi connectivity index (χ0) is 13.1. The third-order valence-electron chi connectivity index (χ3n) is 2.83. The third kappa shape index (κ3) is 2.44. The van der Waals surface area contributed by atoms with Gasteiger partial charge in [-0.1, -0.05) is 13.3 Å². The molecule has 0 aliphatic heterocycles. The third-order valence-corrected chi connectivity index (χ3v) is 3.00. The van der Waals surface area contributed by atoms with E-state index in [2.05, 4.69) is 15.0 Å². The maximum Gasteiger partial charge on any atom is 0.245 e. The fourth-order valence-corrected chi connectivity index (χ4v) is 2.18. The molecule has 1 unspecified atom stereocenters. The molecule has 1 N–H and O–H groups in total. The highest BCUT2D eigenvalue weighted by Crippen LogP contribution is 2.24. The summed E-state index contributed by atoms with van der Waals surface area (Å²) in [5.74, 6) is -0.719. The summed E-state index contributed by atoms with van der Waals surface area (Å²) in [6.07, 6.45) is 3.90. The number of aliphatic hydroxyl groups is 1. The zero-order valence-electron chi connectivity index (χ0n) is 9.98. The van der Waals surface area contributed by atoms with Crippen LogP contribution in [0.5, 0.6) is 0 Å². The molecule has 0 saturated carbocycles. The van der Waals surface area contributed by atoms with Crippen molar-refractivity contribution in [3.63, 3.8) is 0 Å². The maximum atomic E-state index is 13.5. The lowest BCUT2D eigenvalue weighted by molar-refractivity contribution is 0.253. The van der Waals surface area contributed by atoms with Crippen molar-refractivity contribution >= 4 is 22.8 Å². The molecule has 2 rings (SSSR count). The molecular formula is C11H14ClFN4O. The second-order valence-corrected chi connectivity index (χ2v) is 4.40. The van der Waals surface area contributed by atoms with Crippen molar-refractivity contribution in [2.75, 3.05) is 6.61 Å². The van der Waals surface area contributed by atoms with Gasteiger partial charge in [0.1, 0.15) is 0 Å². The second kappa shape index (κ2) is 5.58. The number of imidazole rings is 1. The standard InChI is InChI=1S/C11H14ClFN4O/c1-2-3-7(4-5-18)17-6-14-8-9(13)15-11(12)16-10(8)17/h6-7,18H,2-5H2,1H3. The normalized spacial score (nSPS) is 13.1. The van der Waals surface area contributed by atoms with Crippen molar-refractivity contribution in [1.29, 1.82) is 0 Å². The fraction of sp³-hybridized carbons (Fsp3) is 0.545. The van der Waals surface area contributed by atoms with Crippen molar-refractivity contribution in [3.05, 3.63) is 17.6 Å². The summed E-state index contributed by atoms with van der Waals surface area (Å²) in [6.45, 7) is 2.11. The summed E-state index contributed by atoms with van der Waals surface area (Å²) in [5.41, 5.74) is 0.484. The van der Waals surface area contributed by atoms with Crippen LogP contribution in [0.15, 0.2) is 6.33 Å². The first-order valence-corrected chi connectivity index (χ1v) is 6.21. The summed E-state index contributed by atoms with van der Waals surface area (Å²) in [7, 11) is 0. The van der Waals surface area contributed by atoms with Crippen LogP contribution in [0.4, 0.5) is 4.39 Å². The predicted molar refractivity (Wildman–Crippen MR) is 65.9 cm³/mol. The van der Waals surface area contributed by atoms with Crippen molar-refractivity contribution in [2.24, 2.45) is 0 Å². The minimum Gasteiger partial charge on any atom is -0.396 e. The van der Waals surface area contributed by atoms with E-state index in [1.54, 1.807) is 4.57 Å². The molecule has 0 fully saturated rings. The Kier molecular flexibility index (Phi) is 4.08. The van der Waals surface area contributed by atoms with Gasteiger partial charge >= 0.3 is 0 Å². The Morgan fingerprint density at radius 2 is 2.22 bits per heavy atom. The van der Waals surface area contributed by atoms with Crippen molar-refractivity contribution < 1.29 is 9.50 Å². The van der Waals surface area contributed by atoms with Crippen LogP contribution in [0, 0.1) is 5.95 Å². The Bertz CT molecular complexity index is 539. The molecule has 0 aliphatic rings. The van der Waals surface area contributed by atoms with Crippen LogP contribution in [0.3, 0.4) is 0 Å². The number of fused-ring (bicyclic) bond motifs is 1. The smallest absolute Gasteiger partial charge is 0.245 e. The summed E-state index contributed by atoms with van der Waals surface area (Å²) in [5, 5.41) is 8.94. The number of halogens is 2. The Balaban J connectivity index is 2.49. The van der Waals surface area contributed by atoms with E-state index in [1.807, 2.05) is 6.92 Å². The van der Waals surface area contributed by atoms with Gasteiger partial charge in [-0.3, -0.25) is 0 Å². The lowest BCUT2D eigenvalue weighted by atomic mass is 10.1. The van der Waals surface area contributed by atoms with Crippen molar-refractivity contribution in [2.45, 2.75) is 32.2 Å². The number of hydrogen-bond donors (Lipinski definition) is 1. The fourth-order valence-electron chi connectivity index (χ4n) is 2.03. The second-order valence-electron chi connectivity index (χ2n) is 4.06. The number of hydrogen-bond acceptors (Lipinski definition) is 4. The Hall–Kier alpha value is -1.27. The van der Waals surface area contributed by atoms with Gasteiger partial charge in [0.05, 0.1) is 6.33 Å². The minimum atomic E-state index is -0.719. The molecular weight excluding hydrogens is 259 g/mol. The molecule has 18 heavy (non-hydrogen) atoms. The van der Waals surface area contributed by atoms with Gasteiger partial charge < -0.3 is 9.67 Å². The average Bonchev–Trinajstić information content (AvgIpc) is 2.72. The Labute approximate surface area is 109 Å². The molecule has 0 aliphatic carbocycles. The average molecular weight is 273 g/mol. The summed E-state index contributed by atoms with van der Waals surface area (Å²) in [6, 6.07) is 0.0374. The van der Waals surface area contributed by atoms with Gasteiger partial charge in [-0.2, -0.15) is 14.4 Å². The SMILES string of the molecule is CCCC(CCO)n1cnc2c(F)nc(Cl)nc21. The van der Waals surface area contributed by atoms with Crippen LogP contribution in [-0.2, 0) is 0 Å². The molecule has 0 saturated heterocycles. The molecule has 0 aromatic carbocycles. The highest BCUT2D eigenvalue weighted by Gasteiger charge is 2.17. The molecule has 7 heteroatoms. The lowest BCUT2D eigenvalue weighted by Gasteiger charge is -2.16. The van der Waals surface area contributed by atoms with Gasteiger partial charge in [0, 0.05) is 12.6 Å². The van der Waals surface area contributed by atoms with Gasteiger partial charge in [-0.05, 0) is 24.4 Å². The molecule has 2 aromatic heterocycles. The quantitative estimate of drug-likeness (QED) is 0.670. The molecule has 1 atom stereocenters. The Morgan fingerprint density at radius 3 is 2.89 bits per heavy atom. The summed E-state index contributed by atoms with van der Waals surface area (Å²) < 4.78 is 15.3. The molecule has 0 spiro atoms. The molecule has 5 nitrogen and oxygen atoms in total. The lowest BCUT2D eigenvalue weighted by Crippen LogP contribution is -2.10. The first-order chi connectivity index (χ1) is 8.67. The largest absolute Gasteiger partial charge is 0.396 e. The monoisotopic (exact) mass is 272 g/mol. The number of rotatable bonds is 5. The van der Waals surface area contributed by atoms with Crippen LogP contribution in [0.2, 0.25) is 5.28 Å². The predicted octanol–water partition coefficient (Wildman–Crippen LogP) is 2.34. The Morgan fingerprint density at radius 1 is 1.44 bits per heavy atom. The van der Waals surface area contributed by atoms with E-state index in [9.17, 15) is 4.39 Å². The van der Waals surface area contributed by atoms with E-state index in [0.717, 1.165) is 12.8 Å². The van der Waals surface area contributed by atoms with Crippen molar-refractivity contribution in [3.8, 4) is 0 Å². The molecule has 0 radical (unpaired) electrons. The number of nitrogens with zero attached hydrogens (tertiary/aromatic N) is 4. The van der Waals surface area contributed by atoms with Gasteiger partial charge in [-0.25, -0.2) is 4.98 Å². The van der Waals surface area contributed by atoms with E-state index in [0.29, 0.717) is 12.1 Å². The molecule has 98 valence electrons. The number of aromatic nitrogens is 4. The van der Waals surface area contributed by atoms with E-state index in [1.165, 1.54) is 6.33 Å². The van der Waals surface area contributed by atoms with E-state index in [-0.39, 0.29) is 23.4 Å². The van der Waals surface area contributed by atoms with Gasteiger partial charge in [0.25, 0.3) is 0 Å². The van der Waals surface area contributed by atoms with E-state index >= 15 is 0 Å². The van der Waals surface area contributed by atoms with Crippen LogP contribution >= 0.6 is 11.6 Å².